The summed E-state index contributed by atoms with van der Waals surface area (Å²) in [5.41, 5.74) is 0. The van der Waals surface area contributed by atoms with Gasteiger partial charge in [0, 0.05) is 6.92 Å². The molecule has 0 saturated carbocycles. The van der Waals surface area contributed by atoms with Gasteiger partial charge in [0.2, 0.25) is 5.91 Å². The van der Waals surface area contributed by atoms with Crippen LogP contribution in [-0.4, -0.2) is 5.91 Å². The molecule has 2 aromatic rings. The molecule has 0 aliphatic heterocycles. The molecule has 82 valence electrons. The number of para-hydroxylation sites is 1. The molecule has 1 heterocycles. The van der Waals surface area contributed by atoms with Crippen molar-refractivity contribution in [1.29, 1.82) is 0 Å². The van der Waals surface area contributed by atoms with Gasteiger partial charge < -0.3 is 10.1 Å². The molecule has 0 atom stereocenters. The van der Waals surface area contributed by atoms with E-state index in [1.54, 1.807) is 0 Å². The zero-order valence-electron chi connectivity index (χ0n) is 8.77. The van der Waals surface area contributed by atoms with Crippen molar-refractivity contribution in [3.05, 3.63) is 42.5 Å². The van der Waals surface area contributed by atoms with Crippen molar-refractivity contribution in [2.45, 2.75) is 6.92 Å². The summed E-state index contributed by atoms with van der Waals surface area (Å²) >= 11 is 1.40. The van der Waals surface area contributed by atoms with Crippen LogP contribution in [0.5, 0.6) is 10.8 Å². The molecule has 0 bridgehead atoms. The third-order valence-electron chi connectivity index (χ3n) is 1.84. The normalized spacial score (nSPS) is 9.81. The first-order chi connectivity index (χ1) is 7.74. The highest BCUT2D eigenvalue weighted by Gasteiger charge is 2.03. The lowest BCUT2D eigenvalue weighted by atomic mass is 10.3. The van der Waals surface area contributed by atoms with Gasteiger partial charge in [-0.15, -0.1) is 0 Å². The Morgan fingerprint density at radius 1 is 1.19 bits per heavy atom. The number of carbonyl (C=O) groups is 1. The molecule has 1 aromatic carbocycles. The molecule has 0 fully saturated rings. The van der Waals surface area contributed by atoms with Crippen LogP contribution in [0.4, 0.5) is 5.00 Å². The summed E-state index contributed by atoms with van der Waals surface area (Å²) in [6.45, 7) is 1.48. The summed E-state index contributed by atoms with van der Waals surface area (Å²) in [6, 6.07) is 13.2. The van der Waals surface area contributed by atoms with Gasteiger partial charge in [0.15, 0.2) is 5.06 Å². The molecule has 3 nitrogen and oxygen atoms in total. The van der Waals surface area contributed by atoms with Gasteiger partial charge in [0.05, 0.1) is 5.00 Å². The molecule has 0 saturated heterocycles. The Kier molecular flexibility index (Phi) is 3.22. The highest BCUT2D eigenvalue weighted by Crippen LogP contribution is 2.32. The highest BCUT2D eigenvalue weighted by molar-refractivity contribution is 7.18. The molecule has 0 aliphatic rings. The number of anilines is 1. The molecule has 0 aliphatic carbocycles. The first-order valence-corrected chi connectivity index (χ1v) is 5.66. The molecule has 4 heteroatoms. The zero-order valence-corrected chi connectivity index (χ0v) is 9.58. The molecule has 0 radical (unpaired) electrons. The van der Waals surface area contributed by atoms with E-state index in [4.69, 9.17) is 4.74 Å². The van der Waals surface area contributed by atoms with Crippen molar-refractivity contribution in [3.63, 3.8) is 0 Å². The number of hydrogen-bond acceptors (Lipinski definition) is 3. The van der Waals surface area contributed by atoms with Gasteiger partial charge in [-0.3, -0.25) is 4.79 Å². The van der Waals surface area contributed by atoms with Crippen LogP contribution in [0.25, 0.3) is 0 Å². The number of carbonyl (C=O) groups excluding carboxylic acids is 1. The maximum absolute atomic E-state index is 10.8. The predicted octanol–water partition coefficient (Wildman–Crippen LogP) is 3.50. The second kappa shape index (κ2) is 4.81. The second-order valence-electron chi connectivity index (χ2n) is 3.21. The van der Waals surface area contributed by atoms with Crippen molar-refractivity contribution in [3.8, 4) is 10.8 Å². The lowest BCUT2D eigenvalue weighted by molar-refractivity contribution is -0.114. The van der Waals surface area contributed by atoms with Crippen LogP contribution < -0.4 is 10.1 Å². The maximum atomic E-state index is 10.8. The number of rotatable bonds is 3. The van der Waals surface area contributed by atoms with Gasteiger partial charge in [-0.1, -0.05) is 29.5 Å². The fourth-order valence-corrected chi connectivity index (χ4v) is 2.04. The van der Waals surface area contributed by atoms with E-state index in [1.165, 1.54) is 18.3 Å². The lowest BCUT2D eigenvalue weighted by Gasteiger charge is -2.01. The van der Waals surface area contributed by atoms with Crippen LogP contribution in [0.15, 0.2) is 42.5 Å². The first kappa shape index (κ1) is 10.7. The van der Waals surface area contributed by atoms with Crippen LogP contribution in [0.1, 0.15) is 6.92 Å². The number of nitrogens with one attached hydrogen (secondary N) is 1. The molecular weight excluding hydrogens is 222 g/mol. The van der Waals surface area contributed by atoms with Crippen LogP contribution in [-0.2, 0) is 4.79 Å². The Bertz CT molecular complexity index is 479. The predicted molar refractivity (Wildman–Crippen MR) is 65.1 cm³/mol. The topological polar surface area (TPSA) is 38.3 Å². The minimum absolute atomic E-state index is 0.0758. The van der Waals surface area contributed by atoms with E-state index in [0.29, 0.717) is 0 Å². The number of amides is 1. The fraction of sp³-hybridized carbons (Fsp3) is 0.0833. The van der Waals surface area contributed by atoms with Crippen molar-refractivity contribution in [2.75, 3.05) is 5.32 Å². The Labute approximate surface area is 97.7 Å². The number of hydrogen-bond donors (Lipinski definition) is 1. The summed E-state index contributed by atoms with van der Waals surface area (Å²) in [7, 11) is 0. The fourth-order valence-electron chi connectivity index (χ4n) is 1.22. The summed E-state index contributed by atoms with van der Waals surface area (Å²) < 4.78 is 5.61. The smallest absolute Gasteiger partial charge is 0.221 e. The average Bonchev–Trinajstić information content (AvgIpc) is 2.66. The standard InChI is InChI=1S/C12H11NO2S/c1-9(14)13-11-7-8-12(16-11)15-10-5-3-2-4-6-10/h2-8H,1H3,(H,13,14). The minimum Gasteiger partial charge on any atom is -0.447 e. The van der Waals surface area contributed by atoms with Crippen molar-refractivity contribution in [2.24, 2.45) is 0 Å². The highest BCUT2D eigenvalue weighted by atomic mass is 32.1. The van der Waals surface area contributed by atoms with E-state index in [1.807, 2.05) is 42.5 Å². The molecule has 1 N–H and O–H groups in total. The Morgan fingerprint density at radius 3 is 2.62 bits per heavy atom. The van der Waals surface area contributed by atoms with Crippen LogP contribution in [0.3, 0.4) is 0 Å². The average molecular weight is 233 g/mol. The van der Waals surface area contributed by atoms with Crippen LogP contribution >= 0.6 is 11.3 Å². The van der Waals surface area contributed by atoms with E-state index in [9.17, 15) is 4.79 Å². The minimum atomic E-state index is -0.0758. The largest absolute Gasteiger partial charge is 0.447 e. The number of benzene rings is 1. The van der Waals surface area contributed by atoms with E-state index in [-0.39, 0.29) is 5.91 Å². The molecular formula is C12H11NO2S. The SMILES string of the molecule is CC(=O)Nc1ccc(Oc2ccccc2)s1. The molecule has 16 heavy (non-hydrogen) atoms. The maximum Gasteiger partial charge on any atom is 0.221 e. The van der Waals surface area contributed by atoms with E-state index in [0.717, 1.165) is 15.8 Å². The quantitative estimate of drug-likeness (QED) is 0.881. The van der Waals surface area contributed by atoms with Gasteiger partial charge in [-0.05, 0) is 24.3 Å². The van der Waals surface area contributed by atoms with Gasteiger partial charge >= 0.3 is 0 Å². The van der Waals surface area contributed by atoms with E-state index >= 15 is 0 Å². The summed E-state index contributed by atoms with van der Waals surface area (Å²) in [5.74, 6) is 0.715. The Morgan fingerprint density at radius 2 is 1.94 bits per heavy atom. The van der Waals surface area contributed by atoms with Crippen LogP contribution in [0, 0.1) is 0 Å². The number of thiophene rings is 1. The van der Waals surface area contributed by atoms with Crippen molar-refractivity contribution >= 4 is 22.2 Å². The third-order valence-corrected chi connectivity index (χ3v) is 2.72. The second-order valence-corrected chi connectivity index (χ2v) is 4.26. The van der Waals surface area contributed by atoms with Gasteiger partial charge in [-0.25, -0.2) is 0 Å². The zero-order chi connectivity index (χ0) is 11.4. The van der Waals surface area contributed by atoms with Crippen molar-refractivity contribution < 1.29 is 9.53 Å². The number of ether oxygens (including phenoxy) is 1. The molecule has 0 spiro atoms. The van der Waals surface area contributed by atoms with Gasteiger partial charge in [0.25, 0.3) is 0 Å². The Hall–Kier alpha value is -1.81. The van der Waals surface area contributed by atoms with E-state index < -0.39 is 0 Å². The summed E-state index contributed by atoms with van der Waals surface area (Å²) in [5, 5.41) is 4.26. The first-order valence-electron chi connectivity index (χ1n) is 4.84. The third kappa shape index (κ3) is 2.84. The molecule has 1 amide bonds. The molecule has 0 unspecified atom stereocenters. The summed E-state index contributed by atoms with van der Waals surface area (Å²) in [4.78, 5) is 10.8. The Balaban J connectivity index is 2.06. The van der Waals surface area contributed by atoms with Gasteiger partial charge in [0.1, 0.15) is 5.75 Å². The van der Waals surface area contributed by atoms with Crippen molar-refractivity contribution in [1.82, 2.24) is 0 Å². The van der Waals surface area contributed by atoms with E-state index in [2.05, 4.69) is 5.32 Å². The monoisotopic (exact) mass is 233 g/mol. The summed E-state index contributed by atoms with van der Waals surface area (Å²) in [6.07, 6.45) is 0. The molecule has 1 aromatic heterocycles. The molecule has 2 rings (SSSR count). The van der Waals surface area contributed by atoms with Gasteiger partial charge in [-0.2, -0.15) is 0 Å². The van der Waals surface area contributed by atoms with Crippen LogP contribution in [0.2, 0.25) is 0 Å². The lowest BCUT2D eigenvalue weighted by Crippen LogP contribution is -2.03.